The Hall–Kier alpha value is -2.76. The van der Waals surface area contributed by atoms with Crippen LogP contribution in [0.4, 0.5) is 5.95 Å². The Morgan fingerprint density at radius 1 is 1.16 bits per heavy atom. The van der Waals surface area contributed by atoms with Crippen LogP contribution < -0.4 is 5.32 Å². The molecule has 1 aromatic carbocycles. The van der Waals surface area contributed by atoms with E-state index in [4.69, 9.17) is 4.74 Å². The van der Waals surface area contributed by atoms with Gasteiger partial charge in [-0.1, -0.05) is 30.3 Å². The summed E-state index contributed by atoms with van der Waals surface area (Å²) in [7, 11) is 0. The first-order valence-electron chi connectivity index (χ1n) is 8.47. The number of carbonyl (C=O) groups is 2. The van der Waals surface area contributed by atoms with Crippen molar-refractivity contribution in [1.29, 1.82) is 0 Å². The number of nitrogens with zero attached hydrogens (tertiary/aromatic N) is 2. The van der Waals surface area contributed by atoms with Crippen molar-refractivity contribution >= 4 is 17.7 Å². The molecule has 1 aromatic heterocycles. The van der Waals surface area contributed by atoms with Crippen molar-refractivity contribution in [2.24, 2.45) is 0 Å². The molecule has 130 valence electrons. The maximum atomic E-state index is 11.7. The highest BCUT2D eigenvalue weighted by molar-refractivity contribution is 5.88. The third kappa shape index (κ3) is 3.84. The van der Waals surface area contributed by atoms with Crippen LogP contribution in [0.1, 0.15) is 48.5 Å². The van der Waals surface area contributed by atoms with E-state index < -0.39 is 5.97 Å². The minimum atomic E-state index is -0.435. The standard InChI is InChI=1S/C19H21N3O3/c1-2-25-17(24)14-12-20-18(21-13-14)22-19(10-8-16(23)9-11-19)15-6-4-3-5-7-15/h3-7,12-13H,2,8-11H2,1H3,(H,20,21,22). The van der Waals surface area contributed by atoms with Crippen molar-refractivity contribution in [3.05, 3.63) is 53.9 Å². The van der Waals surface area contributed by atoms with Crippen LogP contribution in [-0.2, 0) is 15.1 Å². The predicted molar refractivity (Wildman–Crippen MR) is 93.2 cm³/mol. The molecule has 25 heavy (non-hydrogen) atoms. The van der Waals surface area contributed by atoms with Gasteiger partial charge in [0, 0.05) is 25.2 Å². The number of hydrogen-bond donors (Lipinski definition) is 1. The molecule has 1 N–H and O–H groups in total. The lowest BCUT2D eigenvalue weighted by molar-refractivity contribution is -0.121. The van der Waals surface area contributed by atoms with E-state index in [0.717, 1.165) is 5.56 Å². The summed E-state index contributed by atoms with van der Waals surface area (Å²) in [5.41, 5.74) is 1.06. The van der Waals surface area contributed by atoms with Crippen LogP contribution in [0.5, 0.6) is 0 Å². The summed E-state index contributed by atoms with van der Waals surface area (Å²) in [4.78, 5) is 31.9. The van der Waals surface area contributed by atoms with E-state index >= 15 is 0 Å². The number of esters is 1. The average Bonchev–Trinajstić information content (AvgIpc) is 2.65. The molecule has 0 amide bonds. The molecule has 0 radical (unpaired) electrons. The summed E-state index contributed by atoms with van der Waals surface area (Å²) < 4.78 is 4.94. The molecule has 0 saturated heterocycles. The molecule has 0 spiro atoms. The van der Waals surface area contributed by atoms with Crippen LogP contribution in [0.15, 0.2) is 42.7 Å². The number of nitrogens with one attached hydrogen (secondary N) is 1. The van der Waals surface area contributed by atoms with E-state index in [1.165, 1.54) is 12.4 Å². The van der Waals surface area contributed by atoms with E-state index in [2.05, 4.69) is 27.4 Å². The summed E-state index contributed by atoms with van der Waals surface area (Å²) in [5, 5.41) is 3.40. The Bertz CT molecular complexity index is 734. The third-order valence-corrected chi connectivity index (χ3v) is 4.50. The molecule has 0 unspecified atom stereocenters. The Labute approximate surface area is 146 Å². The lowest BCUT2D eigenvalue weighted by Crippen LogP contribution is -2.40. The zero-order valence-corrected chi connectivity index (χ0v) is 14.2. The number of rotatable bonds is 5. The lowest BCUT2D eigenvalue weighted by Gasteiger charge is -2.38. The number of ether oxygens (including phenoxy) is 1. The highest BCUT2D eigenvalue weighted by Crippen LogP contribution is 2.38. The van der Waals surface area contributed by atoms with E-state index in [-0.39, 0.29) is 11.3 Å². The van der Waals surface area contributed by atoms with E-state index in [9.17, 15) is 9.59 Å². The summed E-state index contributed by atoms with van der Waals surface area (Å²) in [5.74, 6) is 0.285. The number of anilines is 1. The number of hydrogen-bond acceptors (Lipinski definition) is 6. The predicted octanol–water partition coefficient (Wildman–Crippen LogP) is 3.10. The maximum Gasteiger partial charge on any atom is 0.341 e. The SMILES string of the molecule is CCOC(=O)c1cnc(NC2(c3ccccc3)CCC(=O)CC2)nc1. The minimum absolute atomic E-state index is 0.284. The second kappa shape index (κ2) is 7.42. The van der Waals surface area contributed by atoms with Gasteiger partial charge in [0.2, 0.25) is 5.95 Å². The number of Topliss-reactive ketones (excluding diaryl/α,β-unsaturated/α-hetero) is 1. The molecule has 0 bridgehead atoms. The molecule has 1 fully saturated rings. The smallest absolute Gasteiger partial charge is 0.341 e. The highest BCUT2D eigenvalue weighted by Gasteiger charge is 2.36. The van der Waals surface area contributed by atoms with Gasteiger partial charge in [0.25, 0.3) is 0 Å². The molecule has 1 heterocycles. The van der Waals surface area contributed by atoms with Gasteiger partial charge in [-0.05, 0) is 25.3 Å². The molecule has 1 saturated carbocycles. The lowest BCUT2D eigenvalue weighted by atomic mass is 9.76. The molecule has 1 aliphatic rings. The van der Waals surface area contributed by atoms with Gasteiger partial charge in [0.15, 0.2) is 0 Å². The second-order valence-corrected chi connectivity index (χ2v) is 6.13. The Balaban J connectivity index is 1.84. The minimum Gasteiger partial charge on any atom is -0.462 e. The molecule has 0 atom stereocenters. The average molecular weight is 339 g/mol. The van der Waals surface area contributed by atoms with Gasteiger partial charge < -0.3 is 10.1 Å². The fourth-order valence-corrected chi connectivity index (χ4v) is 3.13. The quantitative estimate of drug-likeness (QED) is 0.843. The van der Waals surface area contributed by atoms with Crippen LogP contribution in [0.2, 0.25) is 0 Å². The van der Waals surface area contributed by atoms with Gasteiger partial charge >= 0.3 is 5.97 Å². The van der Waals surface area contributed by atoms with Crippen LogP contribution >= 0.6 is 0 Å². The topological polar surface area (TPSA) is 81.2 Å². The largest absolute Gasteiger partial charge is 0.462 e. The normalized spacial score (nSPS) is 16.3. The van der Waals surface area contributed by atoms with Gasteiger partial charge in [0.1, 0.15) is 5.78 Å². The van der Waals surface area contributed by atoms with Gasteiger partial charge in [-0.3, -0.25) is 4.79 Å². The van der Waals surface area contributed by atoms with Gasteiger partial charge in [0.05, 0.1) is 17.7 Å². The van der Waals surface area contributed by atoms with Crippen LogP contribution in [0.3, 0.4) is 0 Å². The highest BCUT2D eigenvalue weighted by atomic mass is 16.5. The first-order chi connectivity index (χ1) is 12.1. The summed E-state index contributed by atoms with van der Waals surface area (Å²) >= 11 is 0. The maximum absolute atomic E-state index is 11.7. The fraction of sp³-hybridized carbons (Fsp3) is 0.368. The summed E-state index contributed by atoms with van der Waals surface area (Å²) in [6, 6.07) is 10.0. The number of carbonyl (C=O) groups excluding carboxylic acids is 2. The number of ketones is 1. The first-order valence-corrected chi connectivity index (χ1v) is 8.47. The Kier molecular flexibility index (Phi) is 5.07. The van der Waals surface area contributed by atoms with E-state index in [1.54, 1.807) is 6.92 Å². The third-order valence-electron chi connectivity index (χ3n) is 4.50. The Morgan fingerprint density at radius 3 is 2.40 bits per heavy atom. The molecular formula is C19H21N3O3. The second-order valence-electron chi connectivity index (χ2n) is 6.13. The van der Waals surface area contributed by atoms with Crippen molar-refractivity contribution in [3.8, 4) is 0 Å². The fourth-order valence-electron chi connectivity index (χ4n) is 3.13. The van der Waals surface area contributed by atoms with Gasteiger partial charge in [-0.15, -0.1) is 0 Å². The molecule has 1 aliphatic carbocycles. The molecule has 6 heteroatoms. The van der Waals surface area contributed by atoms with Gasteiger partial charge in [-0.2, -0.15) is 0 Å². The van der Waals surface area contributed by atoms with E-state index in [0.29, 0.717) is 43.8 Å². The molecular weight excluding hydrogens is 318 g/mol. The molecule has 0 aliphatic heterocycles. The van der Waals surface area contributed by atoms with Crippen LogP contribution in [0.25, 0.3) is 0 Å². The van der Waals surface area contributed by atoms with Crippen molar-refractivity contribution in [2.75, 3.05) is 11.9 Å². The zero-order chi connectivity index (χ0) is 17.7. The van der Waals surface area contributed by atoms with Crippen molar-refractivity contribution in [1.82, 2.24) is 9.97 Å². The number of benzene rings is 1. The number of aromatic nitrogens is 2. The van der Waals surface area contributed by atoms with Crippen LogP contribution in [0, 0.1) is 0 Å². The van der Waals surface area contributed by atoms with Gasteiger partial charge in [-0.25, -0.2) is 14.8 Å². The summed E-state index contributed by atoms with van der Waals surface area (Å²) in [6.07, 6.45) is 5.36. The van der Waals surface area contributed by atoms with E-state index in [1.807, 2.05) is 18.2 Å². The van der Waals surface area contributed by atoms with Crippen LogP contribution in [-0.4, -0.2) is 28.3 Å². The molecule has 6 nitrogen and oxygen atoms in total. The monoisotopic (exact) mass is 339 g/mol. The van der Waals surface area contributed by atoms with Crippen molar-refractivity contribution in [3.63, 3.8) is 0 Å². The van der Waals surface area contributed by atoms with Crippen molar-refractivity contribution < 1.29 is 14.3 Å². The van der Waals surface area contributed by atoms with Crippen molar-refractivity contribution in [2.45, 2.75) is 38.1 Å². The summed E-state index contributed by atoms with van der Waals surface area (Å²) in [6.45, 7) is 2.06. The molecule has 3 rings (SSSR count). The Morgan fingerprint density at radius 2 is 1.80 bits per heavy atom. The first kappa shape index (κ1) is 17.1. The molecule has 2 aromatic rings. The zero-order valence-electron chi connectivity index (χ0n) is 14.2.